The van der Waals surface area contributed by atoms with E-state index in [0.717, 1.165) is 34.1 Å². The van der Waals surface area contributed by atoms with E-state index < -0.39 is 5.41 Å². The summed E-state index contributed by atoms with van der Waals surface area (Å²) in [4.78, 5) is 4.67. The molecule has 11 aromatic carbocycles. The molecule has 2 heteroatoms. The van der Waals surface area contributed by atoms with Gasteiger partial charge in [-0.25, -0.2) is 0 Å². The highest BCUT2D eigenvalue weighted by molar-refractivity contribution is 6.10. The molecular formula is C65H44N2. The van der Waals surface area contributed by atoms with Crippen LogP contribution in [0.1, 0.15) is 22.3 Å². The van der Waals surface area contributed by atoms with Crippen molar-refractivity contribution in [1.82, 2.24) is 0 Å². The fourth-order valence-corrected chi connectivity index (χ4v) is 11.2. The van der Waals surface area contributed by atoms with Crippen molar-refractivity contribution < 1.29 is 0 Å². The second-order valence-corrected chi connectivity index (χ2v) is 17.6. The van der Waals surface area contributed by atoms with E-state index in [9.17, 15) is 0 Å². The lowest BCUT2D eigenvalue weighted by atomic mass is 9.70. The fourth-order valence-electron chi connectivity index (χ4n) is 11.2. The normalized spacial score (nSPS) is 12.6. The molecule has 2 aliphatic carbocycles. The van der Waals surface area contributed by atoms with Gasteiger partial charge in [-0.3, -0.25) is 0 Å². The summed E-state index contributed by atoms with van der Waals surface area (Å²) >= 11 is 0. The molecule has 2 aliphatic rings. The molecule has 2 nitrogen and oxygen atoms in total. The highest BCUT2D eigenvalue weighted by Crippen LogP contribution is 2.65. The lowest BCUT2D eigenvalue weighted by Crippen LogP contribution is -2.26. The van der Waals surface area contributed by atoms with Crippen LogP contribution >= 0.6 is 0 Å². The maximum atomic E-state index is 2.52. The lowest BCUT2D eigenvalue weighted by Gasteiger charge is -2.31. The van der Waals surface area contributed by atoms with Crippen molar-refractivity contribution in [2.75, 3.05) is 9.80 Å². The molecule has 67 heavy (non-hydrogen) atoms. The van der Waals surface area contributed by atoms with Gasteiger partial charge < -0.3 is 9.80 Å². The van der Waals surface area contributed by atoms with Crippen LogP contribution in [0, 0.1) is 0 Å². The first-order valence-electron chi connectivity index (χ1n) is 23.2. The lowest BCUT2D eigenvalue weighted by molar-refractivity contribution is 0.795. The molecule has 0 fully saturated rings. The molecule has 0 saturated heterocycles. The van der Waals surface area contributed by atoms with Crippen LogP contribution in [0.2, 0.25) is 0 Å². The fraction of sp³-hybridized carbons (Fsp3) is 0.0154. The minimum absolute atomic E-state index is 0.526. The number of rotatable bonds is 8. The molecule has 0 aromatic heterocycles. The molecule has 0 N–H and O–H groups in total. The van der Waals surface area contributed by atoms with Crippen molar-refractivity contribution in [3.05, 3.63) is 289 Å². The quantitative estimate of drug-likeness (QED) is 0.150. The van der Waals surface area contributed by atoms with Crippen molar-refractivity contribution in [2.45, 2.75) is 5.41 Å². The molecule has 0 unspecified atom stereocenters. The molecular weight excluding hydrogens is 809 g/mol. The van der Waals surface area contributed by atoms with E-state index in [1.807, 2.05) is 0 Å². The third-order valence-corrected chi connectivity index (χ3v) is 14.0. The van der Waals surface area contributed by atoms with E-state index in [0.29, 0.717) is 0 Å². The van der Waals surface area contributed by atoms with Crippen LogP contribution in [-0.4, -0.2) is 0 Å². The summed E-state index contributed by atoms with van der Waals surface area (Å²) in [6.07, 6.45) is 0. The minimum atomic E-state index is -0.526. The van der Waals surface area contributed by atoms with Crippen LogP contribution in [0.3, 0.4) is 0 Å². The third kappa shape index (κ3) is 6.11. The van der Waals surface area contributed by atoms with Crippen LogP contribution in [0.25, 0.3) is 55.3 Å². The standard InChI is InChI=1S/C65H44N2/c1-5-20-49(21-6-1)66(50-22-7-2-8-23-50)53-38-33-45(34-39-53)48-43-58(47-35-40-54(41-36-47)67(51-24-9-3-10-25-51)52-26-11-4-12-27-52)64-62(44-48)65(61-42-37-46-19-13-14-28-55(46)63(61)64)59-31-17-15-29-56(59)57-30-16-18-32-60(57)65/h1-44H. The number of nitrogens with zero attached hydrogens (tertiary/aromatic N) is 2. The highest BCUT2D eigenvalue weighted by Gasteiger charge is 2.52. The van der Waals surface area contributed by atoms with Gasteiger partial charge in [-0.1, -0.05) is 182 Å². The van der Waals surface area contributed by atoms with E-state index in [4.69, 9.17) is 0 Å². The van der Waals surface area contributed by atoms with Gasteiger partial charge in [-0.15, -0.1) is 0 Å². The Bertz CT molecular complexity index is 3480. The second-order valence-electron chi connectivity index (χ2n) is 17.6. The van der Waals surface area contributed by atoms with Crippen LogP contribution < -0.4 is 9.80 Å². The van der Waals surface area contributed by atoms with Gasteiger partial charge in [0.1, 0.15) is 0 Å². The van der Waals surface area contributed by atoms with Gasteiger partial charge in [0.15, 0.2) is 0 Å². The third-order valence-electron chi connectivity index (χ3n) is 14.0. The van der Waals surface area contributed by atoms with Gasteiger partial charge in [0.2, 0.25) is 0 Å². The molecule has 0 saturated carbocycles. The SMILES string of the molecule is c1ccc(N(c2ccccc2)c2ccc(-c3cc(-c4ccc(N(c5ccccc5)c5ccccc5)cc4)c4c(c3)C3(c5ccccc5-c5ccccc53)c3ccc5ccccc5c3-4)cc2)cc1. The average Bonchev–Trinajstić information content (AvgIpc) is 3.88. The van der Waals surface area contributed by atoms with E-state index in [2.05, 4.69) is 277 Å². The number of para-hydroxylation sites is 4. The molecule has 0 heterocycles. The first-order chi connectivity index (χ1) is 33.3. The zero-order valence-electron chi connectivity index (χ0n) is 36.8. The number of hydrogen-bond acceptors (Lipinski definition) is 2. The van der Waals surface area contributed by atoms with Gasteiger partial charge >= 0.3 is 0 Å². The average molecular weight is 853 g/mol. The second kappa shape index (κ2) is 15.8. The molecule has 0 atom stereocenters. The molecule has 0 bridgehead atoms. The van der Waals surface area contributed by atoms with Gasteiger partial charge in [0.05, 0.1) is 5.41 Å². The highest BCUT2D eigenvalue weighted by atomic mass is 15.1. The maximum Gasteiger partial charge on any atom is 0.0726 e. The molecule has 13 rings (SSSR count). The number of anilines is 6. The summed E-state index contributed by atoms with van der Waals surface area (Å²) in [5.41, 5.74) is 21.5. The summed E-state index contributed by atoms with van der Waals surface area (Å²) in [5, 5.41) is 2.52. The van der Waals surface area contributed by atoms with Crippen LogP contribution in [-0.2, 0) is 5.41 Å². The van der Waals surface area contributed by atoms with Gasteiger partial charge in [-0.2, -0.15) is 0 Å². The Morgan fingerprint density at radius 2 is 0.657 bits per heavy atom. The van der Waals surface area contributed by atoms with Gasteiger partial charge in [0, 0.05) is 34.1 Å². The number of benzene rings is 11. The minimum Gasteiger partial charge on any atom is -0.311 e. The predicted molar refractivity (Wildman–Crippen MR) is 280 cm³/mol. The van der Waals surface area contributed by atoms with Crippen LogP contribution in [0.4, 0.5) is 34.1 Å². The Balaban J connectivity index is 1.06. The molecule has 0 radical (unpaired) electrons. The van der Waals surface area contributed by atoms with Crippen LogP contribution in [0.5, 0.6) is 0 Å². The van der Waals surface area contributed by atoms with E-state index in [1.54, 1.807) is 0 Å². The van der Waals surface area contributed by atoms with Gasteiger partial charge in [0.25, 0.3) is 0 Å². The Morgan fingerprint density at radius 3 is 1.16 bits per heavy atom. The molecule has 314 valence electrons. The van der Waals surface area contributed by atoms with Gasteiger partial charge in [-0.05, 0) is 162 Å². The molecule has 1 spiro atoms. The zero-order valence-corrected chi connectivity index (χ0v) is 36.8. The summed E-state index contributed by atoms with van der Waals surface area (Å²) in [5.74, 6) is 0. The first kappa shape index (κ1) is 38.7. The van der Waals surface area contributed by atoms with E-state index in [-0.39, 0.29) is 0 Å². The Morgan fingerprint density at radius 1 is 0.239 bits per heavy atom. The Hall–Kier alpha value is -8.72. The van der Waals surface area contributed by atoms with E-state index in [1.165, 1.54) is 77.5 Å². The summed E-state index contributed by atoms with van der Waals surface area (Å²) in [7, 11) is 0. The molecule has 11 aromatic rings. The smallest absolute Gasteiger partial charge is 0.0726 e. The predicted octanol–water partition coefficient (Wildman–Crippen LogP) is 17.5. The topological polar surface area (TPSA) is 6.48 Å². The monoisotopic (exact) mass is 852 g/mol. The van der Waals surface area contributed by atoms with Crippen LogP contribution in [0.15, 0.2) is 267 Å². The largest absolute Gasteiger partial charge is 0.311 e. The van der Waals surface area contributed by atoms with Crippen molar-refractivity contribution in [1.29, 1.82) is 0 Å². The Kier molecular flexibility index (Phi) is 9.11. The summed E-state index contributed by atoms with van der Waals surface area (Å²) < 4.78 is 0. The summed E-state index contributed by atoms with van der Waals surface area (Å²) in [6.45, 7) is 0. The molecule has 0 aliphatic heterocycles. The Labute approximate surface area is 391 Å². The summed E-state index contributed by atoms with van der Waals surface area (Å²) in [6, 6.07) is 97.9. The first-order valence-corrected chi connectivity index (χ1v) is 23.2. The van der Waals surface area contributed by atoms with Crippen molar-refractivity contribution >= 4 is 44.9 Å². The van der Waals surface area contributed by atoms with Crippen molar-refractivity contribution in [3.8, 4) is 44.5 Å². The maximum absolute atomic E-state index is 2.52. The van der Waals surface area contributed by atoms with Crippen molar-refractivity contribution in [2.24, 2.45) is 0 Å². The van der Waals surface area contributed by atoms with Crippen molar-refractivity contribution in [3.63, 3.8) is 0 Å². The van der Waals surface area contributed by atoms with E-state index >= 15 is 0 Å². The molecule has 0 amide bonds. The zero-order chi connectivity index (χ0) is 44.3. The number of fused-ring (bicyclic) bond motifs is 12. The number of hydrogen-bond donors (Lipinski definition) is 0.